The van der Waals surface area contributed by atoms with E-state index in [0.717, 1.165) is 11.3 Å². The van der Waals surface area contributed by atoms with E-state index in [9.17, 15) is 9.59 Å². The first-order chi connectivity index (χ1) is 11.6. The molecule has 1 aliphatic rings. The van der Waals surface area contributed by atoms with Crippen LogP contribution >= 0.6 is 0 Å². The predicted molar refractivity (Wildman–Crippen MR) is 92.5 cm³/mol. The van der Waals surface area contributed by atoms with Gasteiger partial charge >= 0.3 is 6.03 Å². The molecule has 0 radical (unpaired) electrons. The second kappa shape index (κ2) is 6.62. The molecule has 3 rings (SSSR count). The number of benzene rings is 2. The number of methoxy groups -OCH3 is 1. The van der Waals surface area contributed by atoms with Gasteiger partial charge in [0.25, 0.3) is 0 Å². The number of likely N-dealkylation sites (N-methyl/N-ethyl adjacent to an activating group) is 1. The highest BCUT2D eigenvalue weighted by atomic mass is 16.5. The number of hydrogen-bond donors (Lipinski definition) is 2. The smallest absolute Gasteiger partial charge is 0.327 e. The van der Waals surface area contributed by atoms with E-state index in [1.54, 1.807) is 38.4 Å². The van der Waals surface area contributed by atoms with Crippen LogP contribution in [-0.4, -0.2) is 32.1 Å². The van der Waals surface area contributed by atoms with Crippen LogP contribution in [0.1, 0.15) is 5.56 Å². The molecular formula is C18H19N3O3. The van der Waals surface area contributed by atoms with Gasteiger partial charge in [0.05, 0.1) is 7.11 Å². The highest BCUT2D eigenvalue weighted by Crippen LogP contribution is 2.32. The molecule has 0 saturated carbocycles. The lowest BCUT2D eigenvalue weighted by molar-refractivity contribution is -0.121. The van der Waals surface area contributed by atoms with E-state index >= 15 is 0 Å². The summed E-state index contributed by atoms with van der Waals surface area (Å²) in [6.45, 7) is 0. The molecule has 1 heterocycles. The van der Waals surface area contributed by atoms with Crippen molar-refractivity contribution in [3.8, 4) is 5.75 Å². The van der Waals surface area contributed by atoms with Gasteiger partial charge in [-0.1, -0.05) is 24.3 Å². The summed E-state index contributed by atoms with van der Waals surface area (Å²) in [6.07, 6.45) is 0.501. The Morgan fingerprint density at radius 1 is 1.17 bits per heavy atom. The Bertz CT molecular complexity index is 776. The summed E-state index contributed by atoms with van der Waals surface area (Å²) >= 11 is 0. The molecule has 0 saturated heterocycles. The minimum absolute atomic E-state index is 0.188. The molecule has 0 aliphatic carbocycles. The summed E-state index contributed by atoms with van der Waals surface area (Å²) in [5.41, 5.74) is 2.35. The van der Waals surface area contributed by atoms with Gasteiger partial charge in [-0.05, 0) is 23.8 Å². The average molecular weight is 325 g/mol. The molecule has 0 fully saturated rings. The minimum atomic E-state index is -0.557. The van der Waals surface area contributed by atoms with Gasteiger partial charge in [0.15, 0.2) is 0 Å². The molecule has 1 aliphatic heterocycles. The van der Waals surface area contributed by atoms with Crippen LogP contribution in [0.4, 0.5) is 16.2 Å². The summed E-state index contributed by atoms with van der Waals surface area (Å²) in [5.74, 6) is 0.462. The summed E-state index contributed by atoms with van der Waals surface area (Å²) in [4.78, 5) is 26.5. The van der Waals surface area contributed by atoms with E-state index in [1.807, 2.05) is 24.3 Å². The second-order valence-electron chi connectivity index (χ2n) is 5.49. The SMILES string of the molecule is CNC(=O)[C@H]1Cc2ccccc2N1C(=O)Nc1cccc(OC)c1. The molecule has 124 valence electrons. The Balaban J connectivity index is 1.89. The van der Waals surface area contributed by atoms with E-state index in [-0.39, 0.29) is 11.9 Å². The monoisotopic (exact) mass is 325 g/mol. The molecule has 0 spiro atoms. The number of hydrogen-bond acceptors (Lipinski definition) is 3. The number of rotatable bonds is 3. The zero-order chi connectivity index (χ0) is 17.1. The van der Waals surface area contributed by atoms with E-state index in [0.29, 0.717) is 17.9 Å². The molecule has 6 nitrogen and oxygen atoms in total. The number of carbonyl (C=O) groups is 2. The van der Waals surface area contributed by atoms with Crippen molar-refractivity contribution in [1.82, 2.24) is 5.32 Å². The number of nitrogens with one attached hydrogen (secondary N) is 2. The minimum Gasteiger partial charge on any atom is -0.497 e. The number of amides is 3. The van der Waals surface area contributed by atoms with Crippen LogP contribution in [0.2, 0.25) is 0 Å². The fraction of sp³-hybridized carbons (Fsp3) is 0.222. The molecule has 3 amide bonds. The Hall–Kier alpha value is -3.02. The van der Waals surface area contributed by atoms with Crippen LogP contribution in [0.25, 0.3) is 0 Å². The number of urea groups is 1. The van der Waals surface area contributed by atoms with Crippen molar-refractivity contribution in [1.29, 1.82) is 0 Å². The molecule has 2 aromatic carbocycles. The molecule has 2 N–H and O–H groups in total. The molecule has 24 heavy (non-hydrogen) atoms. The summed E-state index contributed by atoms with van der Waals surface area (Å²) in [7, 11) is 3.14. The van der Waals surface area contributed by atoms with Crippen molar-refractivity contribution in [3.63, 3.8) is 0 Å². The lowest BCUT2D eigenvalue weighted by Gasteiger charge is -2.24. The fourth-order valence-electron chi connectivity index (χ4n) is 2.90. The van der Waals surface area contributed by atoms with Crippen LogP contribution in [0.3, 0.4) is 0 Å². The maximum atomic E-state index is 12.8. The van der Waals surface area contributed by atoms with Crippen LogP contribution < -0.4 is 20.3 Å². The number of nitrogens with zero attached hydrogens (tertiary/aromatic N) is 1. The van der Waals surface area contributed by atoms with Crippen LogP contribution in [-0.2, 0) is 11.2 Å². The lowest BCUT2D eigenvalue weighted by Crippen LogP contribution is -2.48. The molecule has 0 bridgehead atoms. The van der Waals surface area contributed by atoms with Gasteiger partial charge < -0.3 is 15.4 Å². The number of carbonyl (C=O) groups excluding carboxylic acids is 2. The average Bonchev–Trinajstić information content (AvgIpc) is 3.00. The predicted octanol–water partition coefficient (Wildman–Crippen LogP) is 2.40. The first-order valence-electron chi connectivity index (χ1n) is 7.68. The third kappa shape index (κ3) is 2.90. The highest BCUT2D eigenvalue weighted by Gasteiger charge is 2.37. The van der Waals surface area contributed by atoms with Gasteiger partial charge in [-0.3, -0.25) is 9.69 Å². The van der Waals surface area contributed by atoms with E-state index in [2.05, 4.69) is 10.6 Å². The molecule has 1 atom stereocenters. The van der Waals surface area contributed by atoms with Crippen molar-refractivity contribution >= 4 is 23.3 Å². The topological polar surface area (TPSA) is 70.7 Å². The second-order valence-corrected chi connectivity index (χ2v) is 5.49. The first-order valence-corrected chi connectivity index (χ1v) is 7.68. The molecule has 0 aromatic heterocycles. The molecular weight excluding hydrogens is 306 g/mol. The highest BCUT2D eigenvalue weighted by molar-refractivity contribution is 6.08. The van der Waals surface area contributed by atoms with Crippen molar-refractivity contribution in [3.05, 3.63) is 54.1 Å². The van der Waals surface area contributed by atoms with Crippen molar-refractivity contribution in [2.75, 3.05) is 24.4 Å². The number of anilines is 2. The molecule has 0 unspecified atom stereocenters. The van der Waals surface area contributed by atoms with Crippen molar-refractivity contribution in [2.45, 2.75) is 12.5 Å². The Kier molecular flexibility index (Phi) is 4.37. The lowest BCUT2D eigenvalue weighted by atomic mass is 10.1. The van der Waals surface area contributed by atoms with Gasteiger partial charge in [0, 0.05) is 30.9 Å². The third-order valence-electron chi connectivity index (χ3n) is 4.06. The zero-order valence-corrected chi connectivity index (χ0v) is 13.6. The van der Waals surface area contributed by atoms with Crippen LogP contribution in [0.15, 0.2) is 48.5 Å². The van der Waals surface area contributed by atoms with Crippen molar-refractivity contribution in [2.24, 2.45) is 0 Å². The number of fused-ring (bicyclic) bond motifs is 1. The van der Waals surface area contributed by atoms with Gasteiger partial charge in [-0.15, -0.1) is 0 Å². The van der Waals surface area contributed by atoms with Gasteiger partial charge in [0.1, 0.15) is 11.8 Å². The summed E-state index contributed by atoms with van der Waals surface area (Å²) in [6, 6.07) is 13.7. The van der Waals surface area contributed by atoms with E-state index in [4.69, 9.17) is 4.74 Å². The number of ether oxygens (including phenoxy) is 1. The fourth-order valence-corrected chi connectivity index (χ4v) is 2.90. The largest absolute Gasteiger partial charge is 0.497 e. The summed E-state index contributed by atoms with van der Waals surface area (Å²) in [5, 5.41) is 5.46. The maximum Gasteiger partial charge on any atom is 0.327 e. The first kappa shape index (κ1) is 15.9. The quantitative estimate of drug-likeness (QED) is 0.910. The van der Waals surface area contributed by atoms with E-state index in [1.165, 1.54) is 4.90 Å². The van der Waals surface area contributed by atoms with Gasteiger partial charge in [0.2, 0.25) is 5.91 Å². The van der Waals surface area contributed by atoms with Crippen molar-refractivity contribution < 1.29 is 14.3 Å². The Morgan fingerprint density at radius 2 is 1.96 bits per heavy atom. The normalized spacial score (nSPS) is 15.6. The Morgan fingerprint density at radius 3 is 2.71 bits per heavy atom. The van der Waals surface area contributed by atoms with E-state index < -0.39 is 6.04 Å². The third-order valence-corrected chi connectivity index (χ3v) is 4.06. The maximum absolute atomic E-state index is 12.8. The summed E-state index contributed by atoms with van der Waals surface area (Å²) < 4.78 is 5.17. The molecule has 6 heteroatoms. The Labute approximate surface area is 140 Å². The van der Waals surface area contributed by atoms with Crippen LogP contribution in [0.5, 0.6) is 5.75 Å². The van der Waals surface area contributed by atoms with Gasteiger partial charge in [-0.2, -0.15) is 0 Å². The zero-order valence-electron chi connectivity index (χ0n) is 13.6. The molecule has 2 aromatic rings. The van der Waals surface area contributed by atoms with Crippen LogP contribution in [0, 0.1) is 0 Å². The van der Waals surface area contributed by atoms with Gasteiger partial charge in [-0.25, -0.2) is 4.79 Å². The standard InChI is InChI=1S/C18H19N3O3/c1-19-17(22)16-10-12-6-3-4-9-15(12)21(16)18(23)20-13-7-5-8-14(11-13)24-2/h3-9,11,16H,10H2,1-2H3,(H,19,22)(H,20,23)/t16-/m1/s1. The number of para-hydroxylation sites is 1.